The van der Waals surface area contributed by atoms with Crippen LogP contribution in [0.15, 0.2) is 60.7 Å². The molecule has 0 atom stereocenters. The number of ether oxygens (including phenoxy) is 1. The van der Waals surface area contributed by atoms with E-state index in [0.717, 1.165) is 34.6 Å². The number of carbonyl (C=O) groups is 2. The Morgan fingerprint density at radius 2 is 1.38 bits per heavy atom. The molecule has 0 saturated carbocycles. The van der Waals surface area contributed by atoms with Crippen LogP contribution in [0.25, 0.3) is 0 Å². The Balaban J connectivity index is 1.52. The number of nitrogens with one attached hydrogen (secondary N) is 2. The molecule has 0 spiro atoms. The van der Waals surface area contributed by atoms with Crippen molar-refractivity contribution in [3.63, 3.8) is 0 Å². The summed E-state index contributed by atoms with van der Waals surface area (Å²) in [6.45, 7) is 7.97. The van der Waals surface area contributed by atoms with Gasteiger partial charge in [0.15, 0.2) is 0 Å². The molecule has 0 heterocycles. The average molecular weight is 501 g/mol. The van der Waals surface area contributed by atoms with Gasteiger partial charge in [-0.1, -0.05) is 75.8 Å². The van der Waals surface area contributed by atoms with E-state index in [1.807, 2.05) is 57.2 Å². The van der Waals surface area contributed by atoms with Crippen LogP contribution in [-0.2, 0) is 6.42 Å². The topological polar surface area (TPSA) is 67.4 Å². The number of aryl methyl sites for hydroxylation is 4. The molecule has 2 N–H and O–H groups in total. The minimum Gasteiger partial charge on any atom is -0.457 e. The van der Waals surface area contributed by atoms with E-state index >= 15 is 0 Å². The van der Waals surface area contributed by atoms with E-state index in [-0.39, 0.29) is 0 Å². The predicted octanol–water partition coefficient (Wildman–Crippen LogP) is 8.66. The standard InChI is InChI=1S/C32H40N2O3/c1-5-6-7-8-9-10-11-15-26-17-19-28(20-18-26)37-30-24(3)21-27(22-25(30)4)33-32(36)34-31(35)29-16-13-12-14-23(29)2/h12-14,16-22H,5-11,15H2,1-4H3,(H2,33,34,35,36). The van der Waals surface area contributed by atoms with E-state index in [0.29, 0.717) is 11.3 Å². The van der Waals surface area contributed by atoms with Gasteiger partial charge < -0.3 is 10.1 Å². The first-order chi connectivity index (χ1) is 17.9. The zero-order chi connectivity index (χ0) is 26.6. The summed E-state index contributed by atoms with van der Waals surface area (Å²) in [7, 11) is 0. The van der Waals surface area contributed by atoms with E-state index < -0.39 is 11.9 Å². The van der Waals surface area contributed by atoms with Crippen molar-refractivity contribution < 1.29 is 14.3 Å². The molecule has 196 valence electrons. The van der Waals surface area contributed by atoms with Crippen LogP contribution < -0.4 is 15.4 Å². The highest BCUT2D eigenvalue weighted by atomic mass is 16.5. The normalized spacial score (nSPS) is 10.7. The zero-order valence-electron chi connectivity index (χ0n) is 22.7. The molecule has 3 amide bonds. The highest BCUT2D eigenvalue weighted by Crippen LogP contribution is 2.31. The number of carbonyl (C=O) groups excluding carboxylic acids is 2. The van der Waals surface area contributed by atoms with Gasteiger partial charge in [0.05, 0.1) is 0 Å². The quantitative estimate of drug-likeness (QED) is 0.244. The van der Waals surface area contributed by atoms with E-state index in [1.54, 1.807) is 12.1 Å². The van der Waals surface area contributed by atoms with E-state index in [9.17, 15) is 9.59 Å². The molecular weight excluding hydrogens is 460 g/mol. The molecule has 3 aromatic carbocycles. The van der Waals surface area contributed by atoms with Gasteiger partial charge in [-0.15, -0.1) is 0 Å². The first kappa shape index (κ1) is 28.0. The number of hydrogen-bond donors (Lipinski definition) is 2. The van der Waals surface area contributed by atoms with Gasteiger partial charge in [-0.3, -0.25) is 10.1 Å². The number of unbranched alkanes of at least 4 members (excludes halogenated alkanes) is 6. The van der Waals surface area contributed by atoms with Crippen LogP contribution in [0.1, 0.15) is 84.5 Å². The van der Waals surface area contributed by atoms with Crippen LogP contribution in [0.5, 0.6) is 11.5 Å². The van der Waals surface area contributed by atoms with Gasteiger partial charge in [-0.2, -0.15) is 0 Å². The van der Waals surface area contributed by atoms with Crippen molar-refractivity contribution in [2.24, 2.45) is 0 Å². The highest BCUT2D eigenvalue weighted by molar-refractivity contribution is 6.08. The second kappa shape index (κ2) is 14.2. The molecule has 0 aliphatic heterocycles. The summed E-state index contributed by atoms with van der Waals surface area (Å²) in [5, 5.41) is 5.15. The summed E-state index contributed by atoms with van der Waals surface area (Å²) in [5.41, 5.74) is 5.01. The molecule has 0 radical (unpaired) electrons. The molecule has 0 bridgehead atoms. The lowest BCUT2D eigenvalue weighted by atomic mass is 10.0. The minimum atomic E-state index is -0.572. The third-order valence-corrected chi connectivity index (χ3v) is 6.55. The molecule has 0 unspecified atom stereocenters. The Bertz CT molecular complexity index is 1160. The maximum Gasteiger partial charge on any atom is 0.326 e. The molecule has 0 aliphatic carbocycles. The molecule has 3 aromatic rings. The monoisotopic (exact) mass is 500 g/mol. The van der Waals surface area contributed by atoms with Crippen molar-refractivity contribution >= 4 is 17.6 Å². The largest absolute Gasteiger partial charge is 0.457 e. The van der Waals surface area contributed by atoms with Crippen molar-refractivity contribution in [3.8, 4) is 11.5 Å². The first-order valence-corrected chi connectivity index (χ1v) is 13.4. The summed E-state index contributed by atoms with van der Waals surface area (Å²) >= 11 is 0. The van der Waals surface area contributed by atoms with Gasteiger partial charge in [0.1, 0.15) is 11.5 Å². The number of urea groups is 1. The first-order valence-electron chi connectivity index (χ1n) is 13.4. The molecule has 37 heavy (non-hydrogen) atoms. The lowest BCUT2D eigenvalue weighted by Gasteiger charge is -2.15. The van der Waals surface area contributed by atoms with Crippen molar-refractivity contribution in [2.45, 2.75) is 79.1 Å². The summed E-state index contributed by atoms with van der Waals surface area (Å²) in [4.78, 5) is 24.8. The van der Waals surface area contributed by atoms with Gasteiger partial charge in [-0.05, 0) is 86.2 Å². The fourth-order valence-electron chi connectivity index (χ4n) is 4.47. The minimum absolute atomic E-state index is 0.431. The Morgan fingerprint density at radius 3 is 2.03 bits per heavy atom. The number of anilines is 1. The lowest BCUT2D eigenvalue weighted by Crippen LogP contribution is -2.34. The zero-order valence-corrected chi connectivity index (χ0v) is 22.7. The van der Waals surface area contributed by atoms with Gasteiger partial charge in [0.25, 0.3) is 5.91 Å². The smallest absolute Gasteiger partial charge is 0.326 e. The molecule has 0 aliphatic rings. The van der Waals surface area contributed by atoms with Gasteiger partial charge >= 0.3 is 6.03 Å². The van der Waals surface area contributed by atoms with Crippen molar-refractivity contribution in [2.75, 3.05) is 5.32 Å². The Labute approximate surface area is 221 Å². The average Bonchev–Trinajstić information content (AvgIpc) is 2.86. The molecule has 3 rings (SSSR count). The number of hydrogen-bond acceptors (Lipinski definition) is 3. The summed E-state index contributed by atoms with van der Waals surface area (Å²) < 4.78 is 6.19. The van der Waals surface area contributed by atoms with Crippen LogP contribution in [-0.4, -0.2) is 11.9 Å². The van der Waals surface area contributed by atoms with Crippen LogP contribution in [0, 0.1) is 20.8 Å². The SMILES string of the molecule is CCCCCCCCCc1ccc(Oc2c(C)cc(NC(=O)NC(=O)c3ccccc3C)cc2C)cc1. The number of rotatable bonds is 12. The lowest BCUT2D eigenvalue weighted by molar-refractivity contribution is 0.0966. The summed E-state index contributed by atoms with van der Waals surface area (Å²) in [6.07, 6.45) is 10.3. The van der Waals surface area contributed by atoms with Crippen LogP contribution in [0.4, 0.5) is 10.5 Å². The van der Waals surface area contributed by atoms with E-state index in [1.165, 1.54) is 50.5 Å². The number of benzene rings is 3. The van der Waals surface area contributed by atoms with Gasteiger partial charge in [0, 0.05) is 11.3 Å². The Hall–Kier alpha value is -3.60. The van der Waals surface area contributed by atoms with Crippen LogP contribution in [0.3, 0.4) is 0 Å². The van der Waals surface area contributed by atoms with E-state index in [2.05, 4.69) is 29.7 Å². The highest BCUT2D eigenvalue weighted by Gasteiger charge is 2.14. The number of imide groups is 1. The molecule has 5 nitrogen and oxygen atoms in total. The Morgan fingerprint density at radius 1 is 0.757 bits per heavy atom. The number of amides is 3. The molecule has 0 aromatic heterocycles. The van der Waals surface area contributed by atoms with Crippen LogP contribution >= 0.6 is 0 Å². The summed E-state index contributed by atoms with van der Waals surface area (Å²) in [6, 6.07) is 18.6. The summed E-state index contributed by atoms with van der Waals surface area (Å²) in [5.74, 6) is 1.12. The van der Waals surface area contributed by atoms with Crippen molar-refractivity contribution in [1.82, 2.24) is 5.32 Å². The third-order valence-electron chi connectivity index (χ3n) is 6.55. The molecule has 0 fully saturated rings. The second-order valence-corrected chi connectivity index (χ2v) is 9.78. The molecule has 0 saturated heterocycles. The third kappa shape index (κ3) is 8.78. The maximum atomic E-state index is 12.4. The van der Waals surface area contributed by atoms with E-state index in [4.69, 9.17) is 4.74 Å². The molecule has 5 heteroatoms. The van der Waals surface area contributed by atoms with Gasteiger partial charge in [0.2, 0.25) is 0 Å². The second-order valence-electron chi connectivity index (χ2n) is 9.78. The Kier molecular flexibility index (Phi) is 10.8. The van der Waals surface area contributed by atoms with Crippen molar-refractivity contribution in [3.05, 3.63) is 88.5 Å². The fraction of sp³-hybridized carbons (Fsp3) is 0.375. The fourth-order valence-corrected chi connectivity index (χ4v) is 4.47. The van der Waals surface area contributed by atoms with Crippen molar-refractivity contribution in [1.29, 1.82) is 0 Å². The maximum absolute atomic E-state index is 12.4. The molecular formula is C32H40N2O3. The van der Waals surface area contributed by atoms with Gasteiger partial charge in [-0.25, -0.2) is 4.79 Å². The predicted molar refractivity (Wildman–Crippen MR) is 152 cm³/mol. The van der Waals surface area contributed by atoms with Crippen LogP contribution in [0.2, 0.25) is 0 Å².